The number of carbonyl (C=O) groups is 1. The number of nitrogens with zero attached hydrogens (tertiary/aromatic N) is 1. The van der Waals surface area contributed by atoms with E-state index in [-0.39, 0.29) is 17.9 Å². The van der Waals surface area contributed by atoms with Gasteiger partial charge in [-0.3, -0.25) is 4.79 Å². The maximum Gasteiger partial charge on any atom is 0.233 e. The Morgan fingerprint density at radius 2 is 1.75 bits per heavy atom. The average Bonchev–Trinajstić information content (AvgIpc) is 2.98. The molecule has 0 aliphatic carbocycles. The van der Waals surface area contributed by atoms with E-state index in [4.69, 9.17) is 19.3 Å². The summed E-state index contributed by atoms with van der Waals surface area (Å²) < 4.78 is 16.2. The van der Waals surface area contributed by atoms with Gasteiger partial charge in [0.25, 0.3) is 0 Å². The number of methoxy groups -OCH3 is 3. The van der Waals surface area contributed by atoms with Gasteiger partial charge in [-0.2, -0.15) is 0 Å². The second-order valence-corrected chi connectivity index (χ2v) is 6.55. The zero-order chi connectivity index (χ0) is 17.5. The molecular weight excluding hydrogens is 330 g/mol. The van der Waals surface area contributed by atoms with Crippen molar-refractivity contribution in [3.05, 3.63) is 17.7 Å². The molecule has 2 rings (SSSR count). The quantitative estimate of drug-likeness (QED) is 0.686. The van der Waals surface area contributed by atoms with E-state index in [0.717, 1.165) is 24.8 Å². The highest BCUT2D eigenvalue weighted by Gasteiger charge is 2.34. The number of unbranched alkanes of at least 4 members (excludes halogenated alkanes) is 2. The number of hydrogen-bond acceptors (Lipinski definition) is 6. The first-order valence-corrected chi connectivity index (χ1v) is 9.03. The number of aliphatic hydroxyl groups is 1. The molecule has 1 atom stereocenters. The Morgan fingerprint density at radius 3 is 2.38 bits per heavy atom. The highest BCUT2D eigenvalue weighted by Crippen LogP contribution is 2.46. The minimum Gasteiger partial charge on any atom is -0.496 e. The fourth-order valence-corrected chi connectivity index (χ4v) is 4.00. The van der Waals surface area contributed by atoms with Crippen LogP contribution < -0.4 is 14.2 Å². The van der Waals surface area contributed by atoms with Gasteiger partial charge in [0, 0.05) is 24.8 Å². The Balaban J connectivity index is 2.25. The van der Waals surface area contributed by atoms with Crippen LogP contribution in [0.3, 0.4) is 0 Å². The van der Waals surface area contributed by atoms with Gasteiger partial charge in [-0.1, -0.05) is 0 Å². The van der Waals surface area contributed by atoms with Gasteiger partial charge in [0.2, 0.25) is 5.91 Å². The first-order valence-electron chi connectivity index (χ1n) is 7.98. The van der Waals surface area contributed by atoms with E-state index < -0.39 is 0 Å². The number of hydrogen-bond donors (Lipinski definition) is 1. The minimum absolute atomic E-state index is 0.0959. The zero-order valence-electron chi connectivity index (χ0n) is 14.4. The Bertz CT molecular complexity index is 566. The van der Waals surface area contributed by atoms with Crippen LogP contribution in [0.4, 0.5) is 0 Å². The van der Waals surface area contributed by atoms with Gasteiger partial charge in [0.05, 0.1) is 27.1 Å². The van der Waals surface area contributed by atoms with Crippen molar-refractivity contribution in [3.63, 3.8) is 0 Å². The van der Waals surface area contributed by atoms with Crippen LogP contribution in [0.25, 0.3) is 0 Å². The lowest BCUT2D eigenvalue weighted by atomic mass is 10.1. The van der Waals surface area contributed by atoms with Crippen molar-refractivity contribution in [2.24, 2.45) is 0 Å². The first kappa shape index (κ1) is 18.7. The summed E-state index contributed by atoms with van der Waals surface area (Å²) in [5.74, 6) is 2.49. The van der Waals surface area contributed by atoms with Gasteiger partial charge in [-0.25, -0.2) is 0 Å². The standard InChI is InChI=1S/C17H25NO5S/c1-21-13-10-15(23-3)14(22-2)9-12(13)17-18(16(20)11-24-17)7-5-4-6-8-19/h9-10,17,19H,4-8,11H2,1-3H3. The van der Waals surface area contributed by atoms with E-state index in [2.05, 4.69) is 0 Å². The van der Waals surface area contributed by atoms with E-state index in [1.54, 1.807) is 39.2 Å². The molecule has 0 aromatic heterocycles. The number of benzene rings is 1. The molecule has 0 bridgehead atoms. The smallest absolute Gasteiger partial charge is 0.233 e. The number of aliphatic hydroxyl groups excluding tert-OH is 1. The van der Waals surface area contributed by atoms with Crippen molar-refractivity contribution in [2.45, 2.75) is 24.6 Å². The molecule has 7 heteroatoms. The summed E-state index contributed by atoms with van der Waals surface area (Å²) in [6, 6.07) is 3.68. The number of amides is 1. The molecule has 1 amide bonds. The molecule has 1 heterocycles. The van der Waals surface area contributed by atoms with E-state index >= 15 is 0 Å². The molecular formula is C17H25NO5S. The van der Waals surface area contributed by atoms with Crippen molar-refractivity contribution >= 4 is 17.7 Å². The number of carbonyl (C=O) groups excluding carboxylic acids is 1. The lowest BCUT2D eigenvalue weighted by Crippen LogP contribution is -2.29. The lowest BCUT2D eigenvalue weighted by Gasteiger charge is -2.26. The fourth-order valence-electron chi connectivity index (χ4n) is 2.77. The Kier molecular flexibility index (Phi) is 7.05. The molecule has 134 valence electrons. The largest absolute Gasteiger partial charge is 0.496 e. The zero-order valence-corrected chi connectivity index (χ0v) is 15.2. The molecule has 0 saturated carbocycles. The summed E-state index contributed by atoms with van der Waals surface area (Å²) in [7, 11) is 4.78. The molecule has 1 unspecified atom stereocenters. The van der Waals surface area contributed by atoms with Gasteiger partial charge < -0.3 is 24.2 Å². The predicted octanol–water partition coefficient (Wildman–Crippen LogP) is 2.45. The summed E-state index contributed by atoms with van der Waals surface area (Å²) in [6.07, 6.45) is 2.54. The molecule has 0 spiro atoms. The summed E-state index contributed by atoms with van der Waals surface area (Å²) in [5, 5.41) is 8.79. The third kappa shape index (κ3) is 4.08. The van der Waals surface area contributed by atoms with Crippen LogP contribution in [0.15, 0.2) is 12.1 Å². The molecule has 1 fully saturated rings. The van der Waals surface area contributed by atoms with Crippen LogP contribution in [-0.4, -0.2) is 56.1 Å². The molecule has 1 N–H and O–H groups in total. The minimum atomic E-state index is -0.0959. The number of thioether (sulfide) groups is 1. The molecule has 6 nitrogen and oxygen atoms in total. The Morgan fingerprint density at radius 1 is 1.08 bits per heavy atom. The van der Waals surface area contributed by atoms with E-state index in [0.29, 0.717) is 29.5 Å². The van der Waals surface area contributed by atoms with Crippen molar-refractivity contribution < 1.29 is 24.1 Å². The van der Waals surface area contributed by atoms with Crippen LogP contribution in [0.2, 0.25) is 0 Å². The molecule has 1 aliphatic heterocycles. The summed E-state index contributed by atoms with van der Waals surface area (Å²) in [4.78, 5) is 14.1. The monoisotopic (exact) mass is 355 g/mol. The molecule has 1 aromatic carbocycles. The molecule has 1 saturated heterocycles. The molecule has 24 heavy (non-hydrogen) atoms. The fraction of sp³-hybridized carbons (Fsp3) is 0.588. The van der Waals surface area contributed by atoms with Crippen molar-refractivity contribution in [2.75, 3.05) is 40.2 Å². The molecule has 0 radical (unpaired) electrons. The second-order valence-electron chi connectivity index (χ2n) is 5.48. The van der Waals surface area contributed by atoms with Crippen molar-refractivity contribution in [1.29, 1.82) is 0 Å². The van der Waals surface area contributed by atoms with Crippen LogP contribution in [0, 0.1) is 0 Å². The van der Waals surface area contributed by atoms with Crippen LogP contribution >= 0.6 is 11.8 Å². The molecule has 1 aliphatic rings. The summed E-state index contributed by atoms with van der Waals surface area (Å²) in [6.45, 7) is 0.865. The van der Waals surface area contributed by atoms with Crippen LogP contribution in [0.5, 0.6) is 17.2 Å². The van der Waals surface area contributed by atoms with Gasteiger partial charge in [-0.15, -0.1) is 11.8 Å². The van der Waals surface area contributed by atoms with E-state index in [1.807, 2.05) is 11.0 Å². The number of rotatable bonds is 9. The highest BCUT2D eigenvalue weighted by molar-refractivity contribution is 8.00. The number of ether oxygens (including phenoxy) is 3. The van der Waals surface area contributed by atoms with Gasteiger partial charge in [-0.05, 0) is 25.3 Å². The Hall–Kier alpha value is -1.60. The topological polar surface area (TPSA) is 68.2 Å². The van der Waals surface area contributed by atoms with Gasteiger partial charge in [0.1, 0.15) is 11.1 Å². The SMILES string of the molecule is COc1cc(OC)c(C2SCC(=O)N2CCCCCO)cc1OC. The van der Waals surface area contributed by atoms with Crippen molar-refractivity contribution in [1.82, 2.24) is 4.90 Å². The first-order chi connectivity index (χ1) is 11.7. The third-order valence-electron chi connectivity index (χ3n) is 4.03. The average molecular weight is 355 g/mol. The van der Waals surface area contributed by atoms with Crippen molar-refractivity contribution in [3.8, 4) is 17.2 Å². The van der Waals surface area contributed by atoms with Gasteiger partial charge in [0.15, 0.2) is 11.5 Å². The summed E-state index contributed by atoms with van der Waals surface area (Å²) in [5.41, 5.74) is 0.910. The third-order valence-corrected chi connectivity index (χ3v) is 5.26. The normalized spacial score (nSPS) is 17.2. The van der Waals surface area contributed by atoms with Crippen LogP contribution in [-0.2, 0) is 4.79 Å². The summed E-state index contributed by atoms with van der Waals surface area (Å²) >= 11 is 1.59. The second kappa shape index (κ2) is 9.03. The maximum absolute atomic E-state index is 12.3. The molecule has 1 aromatic rings. The van der Waals surface area contributed by atoms with E-state index in [1.165, 1.54) is 0 Å². The highest BCUT2D eigenvalue weighted by atomic mass is 32.2. The maximum atomic E-state index is 12.3. The van der Waals surface area contributed by atoms with E-state index in [9.17, 15) is 4.79 Å². The van der Waals surface area contributed by atoms with Crippen LogP contribution in [0.1, 0.15) is 30.2 Å². The lowest BCUT2D eigenvalue weighted by molar-refractivity contribution is -0.128. The Labute approximate surface area is 147 Å². The predicted molar refractivity (Wildman–Crippen MR) is 93.9 cm³/mol. The van der Waals surface area contributed by atoms with Gasteiger partial charge >= 0.3 is 0 Å².